The zero-order valence-electron chi connectivity index (χ0n) is 11.0. The molecule has 1 N–H and O–H groups in total. The minimum atomic E-state index is 0.927. The van der Waals surface area contributed by atoms with Crippen LogP contribution in [0.2, 0.25) is 0 Å². The molecule has 0 fully saturated rings. The molecular weight excluding hydrogens is 222 g/mol. The van der Waals surface area contributed by atoms with E-state index in [0.717, 1.165) is 19.6 Å². The molecule has 18 heavy (non-hydrogen) atoms. The van der Waals surface area contributed by atoms with Crippen molar-refractivity contribution in [2.24, 2.45) is 0 Å². The standard InChI is InChI=1S/C15H21N3/c1-2-3-9-16-10-11-18-13-15(12-17-18)14-7-5-4-6-8-14/h4-8,12-13,16H,2-3,9-11H2,1H3. The van der Waals surface area contributed by atoms with Gasteiger partial charge in [0.1, 0.15) is 0 Å². The number of benzene rings is 1. The summed E-state index contributed by atoms with van der Waals surface area (Å²) >= 11 is 0. The van der Waals surface area contributed by atoms with Gasteiger partial charge in [-0.3, -0.25) is 4.68 Å². The van der Waals surface area contributed by atoms with Gasteiger partial charge in [-0.15, -0.1) is 0 Å². The van der Waals surface area contributed by atoms with E-state index in [4.69, 9.17) is 0 Å². The molecule has 0 aliphatic carbocycles. The van der Waals surface area contributed by atoms with Crippen LogP contribution in [0, 0.1) is 0 Å². The maximum atomic E-state index is 4.39. The largest absolute Gasteiger partial charge is 0.315 e. The summed E-state index contributed by atoms with van der Waals surface area (Å²) in [4.78, 5) is 0. The number of rotatable bonds is 7. The lowest BCUT2D eigenvalue weighted by atomic mass is 10.1. The lowest BCUT2D eigenvalue weighted by molar-refractivity contribution is 0.545. The molecule has 96 valence electrons. The lowest BCUT2D eigenvalue weighted by Gasteiger charge is -2.03. The maximum absolute atomic E-state index is 4.39. The van der Waals surface area contributed by atoms with Gasteiger partial charge in [0.15, 0.2) is 0 Å². The second-order valence-electron chi connectivity index (χ2n) is 4.46. The van der Waals surface area contributed by atoms with Gasteiger partial charge in [-0.1, -0.05) is 43.7 Å². The molecular formula is C15H21N3. The van der Waals surface area contributed by atoms with Crippen molar-refractivity contribution in [2.75, 3.05) is 13.1 Å². The van der Waals surface area contributed by atoms with Gasteiger partial charge in [0.2, 0.25) is 0 Å². The molecule has 0 amide bonds. The summed E-state index contributed by atoms with van der Waals surface area (Å²) in [5, 5.41) is 7.81. The molecule has 0 atom stereocenters. The third kappa shape index (κ3) is 3.70. The van der Waals surface area contributed by atoms with E-state index in [9.17, 15) is 0 Å². The highest BCUT2D eigenvalue weighted by atomic mass is 15.3. The van der Waals surface area contributed by atoms with Gasteiger partial charge in [0.05, 0.1) is 12.7 Å². The van der Waals surface area contributed by atoms with Gasteiger partial charge >= 0.3 is 0 Å². The Morgan fingerprint density at radius 2 is 1.94 bits per heavy atom. The first-order valence-corrected chi connectivity index (χ1v) is 6.68. The molecule has 0 radical (unpaired) electrons. The molecule has 3 nitrogen and oxygen atoms in total. The van der Waals surface area contributed by atoms with Crippen molar-refractivity contribution in [3.8, 4) is 11.1 Å². The fourth-order valence-electron chi connectivity index (χ4n) is 1.89. The lowest BCUT2D eigenvalue weighted by Crippen LogP contribution is -2.21. The van der Waals surface area contributed by atoms with Gasteiger partial charge in [0.25, 0.3) is 0 Å². The van der Waals surface area contributed by atoms with Gasteiger partial charge in [-0.25, -0.2) is 0 Å². The van der Waals surface area contributed by atoms with E-state index in [1.165, 1.54) is 24.0 Å². The van der Waals surface area contributed by atoms with Crippen LogP contribution >= 0.6 is 0 Å². The fraction of sp³-hybridized carbons (Fsp3) is 0.400. The Balaban J connectivity index is 1.83. The Morgan fingerprint density at radius 1 is 1.11 bits per heavy atom. The predicted molar refractivity (Wildman–Crippen MR) is 75.4 cm³/mol. The van der Waals surface area contributed by atoms with Gasteiger partial charge in [-0.05, 0) is 18.5 Å². The maximum Gasteiger partial charge on any atom is 0.0568 e. The van der Waals surface area contributed by atoms with E-state index >= 15 is 0 Å². The highest BCUT2D eigenvalue weighted by Crippen LogP contribution is 2.17. The molecule has 1 aromatic carbocycles. The van der Waals surface area contributed by atoms with Crippen LogP contribution in [0.1, 0.15) is 19.8 Å². The summed E-state index contributed by atoms with van der Waals surface area (Å²) in [5.41, 5.74) is 2.41. The van der Waals surface area contributed by atoms with Gasteiger partial charge in [0, 0.05) is 18.3 Å². The first-order chi connectivity index (χ1) is 8.90. The van der Waals surface area contributed by atoms with Crippen LogP contribution in [0.4, 0.5) is 0 Å². The Kier molecular flexibility index (Phi) is 4.97. The smallest absolute Gasteiger partial charge is 0.0568 e. The Bertz CT molecular complexity index is 448. The van der Waals surface area contributed by atoms with Crippen LogP contribution in [0.15, 0.2) is 42.7 Å². The Labute approximate surface area is 109 Å². The number of unbranched alkanes of at least 4 members (excludes halogenated alkanes) is 1. The van der Waals surface area contributed by atoms with Crippen LogP contribution in [0.25, 0.3) is 11.1 Å². The summed E-state index contributed by atoms with van der Waals surface area (Å²) in [6.07, 6.45) is 6.53. The molecule has 1 heterocycles. The van der Waals surface area contributed by atoms with Crippen molar-refractivity contribution in [3.05, 3.63) is 42.7 Å². The summed E-state index contributed by atoms with van der Waals surface area (Å²) < 4.78 is 2.00. The topological polar surface area (TPSA) is 29.9 Å². The summed E-state index contributed by atoms with van der Waals surface area (Å²) in [7, 11) is 0. The van der Waals surface area contributed by atoms with Crippen molar-refractivity contribution >= 4 is 0 Å². The summed E-state index contributed by atoms with van der Waals surface area (Å²) in [6.45, 7) is 5.22. The van der Waals surface area contributed by atoms with E-state index < -0.39 is 0 Å². The highest BCUT2D eigenvalue weighted by Gasteiger charge is 2.00. The summed E-state index contributed by atoms with van der Waals surface area (Å²) in [5.74, 6) is 0. The molecule has 0 unspecified atom stereocenters. The van der Waals surface area contributed by atoms with E-state index in [1.54, 1.807) is 0 Å². The third-order valence-corrected chi connectivity index (χ3v) is 2.97. The van der Waals surface area contributed by atoms with Crippen LogP contribution < -0.4 is 5.32 Å². The van der Waals surface area contributed by atoms with Crippen molar-refractivity contribution in [1.29, 1.82) is 0 Å². The Hall–Kier alpha value is -1.61. The zero-order valence-corrected chi connectivity index (χ0v) is 11.0. The van der Waals surface area contributed by atoms with E-state index in [0.29, 0.717) is 0 Å². The molecule has 0 spiro atoms. The average Bonchev–Trinajstić information content (AvgIpc) is 2.88. The first-order valence-electron chi connectivity index (χ1n) is 6.68. The third-order valence-electron chi connectivity index (χ3n) is 2.97. The van der Waals surface area contributed by atoms with Crippen LogP contribution in [-0.4, -0.2) is 22.9 Å². The minimum Gasteiger partial charge on any atom is -0.315 e. The van der Waals surface area contributed by atoms with Crippen LogP contribution in [0.5, 0.6) is 0 Å². The van der Waals surface area contributed by atoms with Gasteiger partial charge in [-0.2, -0.15) is 5.10 Å². The van der Waals surface area contributed by atoms with Crippen molar-refractivity contribution in [1.82, 2.24) is 15.1 Å². The molecule has 2 rings (SSSR count). The molecule has 3 heteroatoms. The van der Waals surface area contributed by atoms with Crippen LogP contribution in [0.3, 0.4) is 0 Å². The van der Waals surface area contributed by atoms with Crippen molar-refractivity contribution in [2.45, 2.75) is 26.3 Å². The second-order valence-corrected chi connectivity index (χ2v) is 4.46. The molecule has 0 aliphatic heterocycles. The second kappa shape index (κ2) is 6.97. The minimum absolute atomic E-state index is 0.927. The number of hydrogen-bond acceptors (Lipinski definition) is 2. The van der Waals surface area contributed by atoms with Crippen molar-refractivity contribution < 1.29 is 0 Å². The van der Waals surface area contributed by atoms with Gasteiger partial charge < -0.3 is 5.32 Å². The monoisotopic (exact) mass is 243 g/mol. The van der Waals surface area contributed by atoms with E-state index in [2.05, 4.69) is 47.8 Å². The quantitative estimate of drug-likeness (QED) is 0.758. The molecule has 0 aliphatic rings. The zero-order chi connectivity index (χ0) is 12.6. The molecule has 0 saturated carbocycles. The SMILES string of the molecule is CCCCNCCn1cc(-c2ccccc2)cn1. The van der Waals surface area contributed by atoms with E-state index in [1.807, 2.05) is 16.9 Å². The predicted octanol–water partition coefficient (Wildman–Crippen LogP) is 2.94. The molecule has 1 aromatic heterocycles. The highest BCUT2D eigenvalue weighted by molar-refractivity contribution is 5.61. The number of hydrogen-bond donors (Lipinski definition) is 1. The number of aromatic nitrogens is 2. The van der Waals surface area contributed by atoms with E-state index in [-0.39, 0.29) is 0 Å². The number of nitrogens with zero attached hydrogens (tertiary/aromatic N) is 2. The first kappa shape index (κ1) is 12.8. The fourth-order valence-corrected chi connectivity index (χ4v) is 1.89. The average molecular weight is 243 g/mol. The Morgan fingerprint density at radius 3 is 2.72 bits per heavy atom. The normalized spacial score (nSPS) is 10.7. The molecule has 0 bridgehead atoms. The van der Waals surface area contributed by atoms with Crippen molar-refractivity contribution in [3.63, 3.8) is 0 Å². The molecule has 2 aromatic rings. The number of nitrogens with one attached hydrogen (secondary N) is 1. The summed E-state index contributed by atoms with van der Waals surface area (Å²) in [6, 6.07) is 10.4. The molecule has 0 saturated heterocycles. The van der Waals surface area contributed by atoms with Crippen LogP contribution in [-0.2, 0) is 6.54 Å².